The lowest BCUT2D eigenvalue weighted by atomic mass is 9.79. The molecule has 2 saturated heterocycles. The molecule has 2 aliphatic heterocycles. The molecule has 3 aromatic rings. The highest BCUT2D eigenvalue weighted by Crippen LogP contribution is 2.32. The molecule has 8 nitrogen and oxygen atoms in total. The number of rotatable bonds is 11. The number of nitrogens with zero attached hydrogens (tertiary/aromatic N) is 3. The van der Waals surface area contributed by atoms with E-state index in [4.69, 9.17) is 9.47 Å². The van der Waals surface area contributed by atoms with Gasteiger partial charge >= 0.3 is 0 Å². The summed E-state index contributed by atoms with van der Waals surface area (Å²) < 4.78 is 56.3. The number of nitrogens with one attached hydrogen (secondary N) is 3. The Labute approximate surface area is 257 Å². The zero-order valence-electron chi connectivity index (χ0n) is 25.9. The summed E-state index contributed by atoms with van der Waals surface area (Å²) in [5, 5.41) is 9.60. The molecule has 2 aliphatic rings. The predicted octanol–water partition coefficient (Wildman–Crippen LogP) is 6.42. The minimum absolute atomic E-state index is 0.0222. The standard InChI is InChI=1S/C33H43F3N6O2/c1-32(2)18-24(19-33(3,4)41-32)38-30-28(36)20-37-31(40-30)39-23-16-26(34)29(27(35)17-23)44-25-10-12-42(13-11-25)14-15-43-21-22-8-6-5-7-9-22/h5-9,16-17,20,24-25,41H,10-15,18-19,21H2,1-4H3,(H2,37,38,39,40). The molecule has 0 aliphatic carbocycles. The monoisotopic (exact) mass is 612 g/mol. The van der Waals surface area contributed by atoms with Gasteiger partial charge in [0.2, 0.25) is 5.95 Å². The summed E-state index contributed by atoms with van der Waals surface area (Å²) in [5.41, 5.74) is 0.951. The maximum atomic E-state index is 15.0. The zero-order chi connectivity index (χ0) is 31.3. The van der Waals surface area contributed by atoms with Gasteiger partial charge in [-0.2, -0.15) is 4.98 Å². The lowest BCUT2D eigenvalue weighted by Crippen LogP contribution is -2.60. The Morgan fingerprint density at radius 2 is 1.61 bits per heavy atom. The fraction of sp³-hybridized carbons (Fsp3) is 0.515. The Kier molecular flexibility index (Phi) is 9.97. The van der Waals surface area contributed by atoms with Crippen molar-refractivity contribution in [3.8, 4) is 5.75 Å². The van der Waals surface area contributed by atoms with Crippen LogP contribution in [-0.4, -0.2) is 64.3 Å². The first-order valence-electron chi connectivity index (χ1n) is 15.3. The number of aromatic nitrogens is 2. The van der Waals surface area contributed by atoms with Crippen LogP contribution in [0.2, 0.25) is 0 Å². The van der Waals surface area contributed by atoms with E-state index in [2.05, 4.69) is 58.5 Å². The zero-order valence-corrected chi connectivity index (χ0v) is 25.9. The summed E-state index contributed by atoms with van der Waals surface area (Å²) in [6.45, 7) is 11.9. The Morgan fingerprint density at radius 1 is 0.955 bits per heavy atom. The minimum atomic E-state index is -0.830. The molecule has 44 heavy (non-hydrogen) atoms. The number of anilines is 3. The number of likely N-dealkylation sites (tertiary alicyclic amines) is 1. The number of hydrogen-bond acceptors (Lipinski definition) is 8. The minimum Gasteiger partial charge on any atom is -0.484 e. The molecule has 0 atom stereocenters. The molecule has 0 spiro atoms. The summed E-state index contributed by atoms with van der Waals surface area (Å²) in [7, 11) is 0. The van der Waals surface area contributed by atoms with Gasteiger partial charge in [0.25, 0.3) is 0 Å². The molecule has 0 radical (unpaired) electrons. The van der Waals surface area contributed by atoms with Crippen molar-refractivity contribution < 1.29 is 22.6 Å². The maximum absolute atomic E-state index is 15.0. The van der Waals surface area contributed by atoms with E-state index in [1.807, 2.05) is 30.3 Å². The van der Waals surface area contributed by atoms with Crippen LogP contribution in [0.25, 0.3) is 0 Å². The van der Waals surface area contributed by atoms with E-state index in [0.717, 1.165) is 56.4 Å². The second-order valence-electron chi connectivity index (χ2n) is 13.1. The van der Waals surface area contributed by atoms with Crippen molar-refractivity contribution in [1.82, 2.24) is 20.2 Å². The van der Waals surface area contributed by atoms with Crippen LogP contribution in [0.3, 0.4) is 0 Å². The third kappa shape index (κ3) is 8.83. The number of halogens is 3. The van der Waals surface area contributed by atoms with Crippen molar-refractivity contribution in [2.24, 2.45) is 0 Å². The molecule has 1 aromatic heterocycles. The van der Waals surface area contributed by atoms with Gasteiger partial charge in [-0.25, -0.2) is 18.2 Å². The fourth-order valence-corrected chi connectivity index (χ4v) is 6.40. The average molecular weight is 613 g/mol. The van der Waals surface area contributed by atoms with Crippen molar-refractivity contribution in [2.45, 2.75) is 83.2 Å². The van der Waals surface area contributed by atoms with Crippen LogP contribution in [0.5, 0.6) is 5.75 Å². The van der Waals surface area contributed by atoms with Gasteiger partial charge in [-0.3, -0.25) is 0 Å². The van der Waals surface area contributed by atoms with Crippen LogP contribution in [0.1, 0.15) is 58.9 Å². The van der Waals surface area contributed by atoms with Crippen LogP contribution in [0, 0.1) is 17.5 Å². The number of benzene rings is 2. The Balaban J connectivity index is 1.13. The van der Waals surface area contributed by atoms with Crippen LogP contribution in [0.15, 0.2) is 48.7 Å². The van der Waals surface area contributed by atoms with E-state index < -0.39 is 23.2 Å². The number of ether oxygens (including phenoxy) is 2. The highest BCUT2D eigenvalue weighted by molar-refractivity contribution is 5.57. The summed E-state index contributed by atoms with van der Waals surface area (Å²) in [6, 6.07) is 12.3. The molecule has 0 amide bonds. The molecule has 3 N–H and O–H groups in total. The second-order valence-corrected chi connectivity index (χ2v) is 13.1. The third-order valence-electron chi connectivity index (χ3n) is 8.01. The lowest BCUT2D eigenvalue weighted by Gasteiger charge is -2.46. The quantitative estimate of drug-likeness (QED) is 0.214. The molecule has 0 saturated carbocycles. The highest BCUT2D eigenvalue weighted by Gasteiger charge is 2.38. The van der Waals surface area contributed by atoms with E-state index in [1.165, 1.54) is 0 Å². The SMILES string of the molecule is CC1(C)CC(Nc2nc(Nc3cc(F)c(OC4CCN(CCOCc5ccccc5)CC4)c(F)c3)ncc2F)CC(C)(C)N1. The molecular formula is C33H43F3N6O2. The van der Waals surface area contributed by atoms with E-state index in [9.17, 15) is 4.39 Å². The first-order chi connectivity index (χ1) is 20.9. The van der Waals surface area contributed by atoms with Crippen LogP contribution in [-0.2, 0) is 11.3 Å². The second kappa shape index (κ2) is 13.7. The Bertz CT molecular complexity index is 1360. The van der Waals surface area contributed by atoms with Gasteiger partial charge in [0, 0.05) is 54.6 Å². The van der Waals surface area contributed by atoms with Crippen molar-refractivity contribution in [3.05, 3.63) is 71.7 Å². The van der Waals surface area contributed by atoms with Gasteiger partial charge in [-0.05, 0) is 58.9 Å². The van der Waals surface area contributed by atoms with E-state index in [0.29, 0.717) is 26.1 Å². The molecule has 3 heterocycles. The largest absolute Gasteiger partial charge is 0.484 e. The molecule has 2 fully saturated rings. The topological polar surface area (TPSA) is 83.6 Å². The molecule has 2 aromatic carbocycles. The van der Waals surface area contributed by atoms with Gasteiger partial charge in [0.1, 0.15) is 6.10 Å². The van der Waals surface area contributed by atoms with Gasteiger partial charge in [-0.15, -0.1) is 0 Å². The van der Waals surface area contributed by atoms with Crippen molar-refractivity contribution in [2.75, 3.05) is 36.9 Å². The van der Waals surface area contributed by atoms with E-state index in [1.54, 1.807) is 0 Å². The molecule has 5 rings (SSSR count). The molecule has 238 valence electrons. The molecule has 11 heteroatoms. The van der Waals surface area contributed by atoms with E-state index >= 15 is 8.78 Å². The molecule has 0 unspecified atom stereocenters. The number of piperidine rings is 2. The summed E-state index contributed by atoms with van der Waals surface area (Å²) >= 11 is 0. The molecular weight excluding hydrogens is 569 g/mol. The van der Waals surface area contributed by atoms with Crippen LogP contribution < -0.4 is 20.7 Å². The highest BCUT2D eigenvalue weighted by atomic mass is 19.1. The maximum Gasteiger partial charge on any atom is 0.229 e. The smallest absolute Gasteiger partial charge is 0.229 e. The van der Waals surface area contributed by atoms with Gasteiger partial charge in [0.05, 0.1) is 19.4 Å². The van der Waals surface area contributed by atoms with Crippen molar-refractivity contribution in [3.63, 3.8) is 0 Å². The summed E-state index contributed by atoms with van der Waals surface area (Å²) in [5.74, 6) is -2.60. The first-order valence-corrected chi connectivity index (χ1v) is 15.3. The molecule has 0 bridgehead atoms. The van der Waals surface area contributed by atoms with Gasteiger partial charge in [-0.1, -0.05) is 30.3 Å². The van der Waals surface area contributed by atoms with Crippen LogP contribution in [0.4, 0.5) is 30.6 Å². The lowest BCUT2D eigenvalue weighted by molar-refractivity contribution is 0.0574. The van der Waals surface area contributed by atoms with Gasteiger partial charge in [0.15, 0.2) is 29.0 Å². The summed E-state index contributed by atoms with van der Waals surface area (Å²) in [4.78, 5) is 10.5. The first kappa shape index (κ1) is 32.0. The fourth-order valence-electron chi connectivity index (χ4n) is 6.40. The Morgan fingerprint density at radius 3 is 2.27 bits per heavy atom. The van der Waals surface area contributed by atoms with Crippen molar-refractivity contribution >= 4 is 17.5 Å². The summed E-state index contributed by atoms with van der Waals surface area (Å²) in [6.07, 6.45) is 3.59. The van der Waals surface area contributed by atoms with Crippen molar-refractivity contribution in [1.29, 1.82) is 0 Å². The normalized spacial score (nSPS) is 19.1. The third-order valence-corrected chi connectivity index (χ3v) is 8.01. The Hall–Kier alpha value is -3.41. The van der Waals surface area contributed by atoms with E-state index in [-0.39, 0.29) is 40.7 Å². The predicted molar refractivity (Wildman–Crippen MR) is 166 cm³/mol. The van der Waals surface area contributed by atoms with Gasteiger partial charge < -0.3 is 30.3 Å². The number of hydrogen-bond donors (Lipinski definition) is 3. The van der Waals surface area contributed by atoms with Crippen LogP contribution >= 0.6 is 0 Å². The average Bonchev–Trinajstić information content (AvgIpc) is 2.94.